The molecule has 0 aliphatic rings. The van der Waals surface area contributed by atoms with E-state index in [-0.39, 0.29) is 24.2 Å². The Morgan fingerprint density at radius 2 is 2.20 bits per heavy atom. The predicted octanol–water partition coefficient (Wildman–Crippen LogP) is 3.34. The van der Waals surface area contributed by atoms with E-state index in [1.54, 1.807) is 0 Å². The van der Waals surface area contributed by atoms with Gasteiger partial charge >= 0.3 is 0 Å². The molecular weight excluding hydrogens is 294 g/mol. The molecule has 1 aromatic heterocycles. The lowest BCUT2D eigenvalue weighted by Crippen LogP contribution is -2.40. The summed E-state index contributed by atoms with van der Waals surface area (Å²) < 4.78 is 1.08. The van der Waals surface area contributed by atoms with Crippen LogP contribution in [-0.2, 0) is 4.79 Å². The minimum atomic E-state index is -0.487. The molecule has 0 spiro atoms. The van der Waals surface area contributed by atoms with Gasteiger partial charge in [-0.3, -0.25) is 4.79 Å². The van der Waals surface area contributed by atoms with E-state index >= 15 is 0 Å². The Labute approximate surface area is 129 Å². The number of aryl methyl sites for hydroxylation is 1. The molecule has 1 aromatic carbocycles. The van der Waals surface area contributed by atoms with E-state index in [0.717, 1.165) is 16.6 Å². The number of nitrogens with one attached hydrogen (secondary N) is 1. The number of hydrogen-bond donors (Lipinski definition) is 2. The number of nitrogens with zero attached hydrogens (tertiary/aromatic N) is 1. The van der Waals surface area contributed by atoms with Crippen LogP contribution >= 0.6 is 23.7 Å². The van der Waals surface area contributed by atoms with Crippen molar-refractivity contribution in [3.05, 3.63) is 23.8 Å². The fourth-order valence-corrected chi connectivity index (χ4v) is 2.75. The highest BCUT2D eigenvalue weighted by atomic mass is 35.5. The highest BCUT2D eigenvalue weighted by Gasteiger charge is 2.20. The molecule has 0 aliphatic heterocycles. The zero-order valence-electron chi connectivity index (χ0n) is 11.8. The van der Waals surface area contributed by atoms with Crippen LogP contribution in [0.3, 0.4) is 0 Å². The average Bonchev–Trinajstić information content (AvgIpc) is 2.77. The average molecular weight is 314 g/mol. The Bertz CT molecular complexity index is 599. The van der Waals surface area contributed by atoms with Crippen LogP contribution in [0, 0.1) is 12.8 Å². The van der Waals surface area contributed by atoms with Gasteiger partial charge in [0.25, 0.3) is 0 Å². The Morgan fingerprint density at radius 3 is 2.85 bits per heavy atom. The maximum absolute atomic E-state index is 12.0. The van der Waals surface area contributed by atoms with E-state index in [1.807, 2.05) is 32.9 Å². The number of carbonyl (C=O) groups is 1. The molecule has 1 amide bonds. The molecule has 3 N–H and O–H groups in total. The summed E-state index contributed by atoms with van der Waals surface area (Å²) in [6, 6.07) is 5.56. The molecule has 2 atom stereocenters. The number of halogens is 1. The smallest absolute Gasteiger partial charge is 0.243 e. The fraction of sp³-hybridized carbons (Fsp3) is 0.429. The number of rotatable bonds is 4. The Balaban J connectivity index is 0.00000200. The molecule has 0 saturated heterocycles. The van der Waals surface area contributed by atoms with Gasteiger partial charge in [0.15, 0.2) is 5.13 Å². The minimum absolute atomic E-state index is 0. The summed E-state index contributed by atoms with van der Waals surface area (Å²) in [7, 11) is 0. The second-order valence-corrected chi connectivity index (χ2v) is 5.92. The third-order valence-corrected chi connectivity index (χ3v) is 4.27. The van der Waals surface area contributed by atoms with Crippen molar-refractivity contribution in [2.24, 2.45) is 11.7 Å². The molecule has 110 valence electrons. The molecule has 2 rings (SSSR count). The molecule has 0 saturated carbocycles. The van der Waals surface area contributed by atoms with E-state index in [4.69, 9.17) is 5.73 Å². The topological polar surface area (TPSA) is 68.0 Å². The molecular formula is C14H20ClN3OS. The SMILES string of the molecule is CCC(C)C(N)C(=O)Nc1nc2ccc(C)cc2s1.Cl. The van der Waals surface area contributed by atoms with Gasteiger partial charge in [0.2, 0.25) is 5.91 Å². The van der Waals surface area contributed by atoms with Gasteiger partial charge in [-0.05, 0) is 30.5 Å². The van der Waals surface area contributed by atoms with Crippen molar-refractivity contribution < 1.29 is 4.79 Å². The number of nitrogens with two attached hydrogens (primary N) is 1. The highest BCUT2D eigenvalue weighted by molar-refractivity contribution is 7.22. The molecule has 0 fully saturated rings. The summed E-state index contributed by atoms with van der Waals surface area (Å²) in [5, 5.41) is 3.42. The first kappa shape index (κ1) is 16.9. The van der Waals surface area contributed by atoms with Crippen molar-refractivity contribution in [1.29, 1.82) is 0 Å². The van der Waals surface area contributed by atoms with Crippen molar-refractivity contribution in [2.75, 3.05) is 5.32 Å². The van der Waals surface area contributed by atoms with E-state index in [9.17, 15) is 4.79 Å². The lowest BCUT2D eigenvalue weighted by Gasteiger charge is -2.16. The van der Waals surface area contributed by atoms with Crippen LogP contribution in [0.2, 0.25) is 0 Å². The number of anilines is 1. The summed E-state index contributed by atoms with van der Waals surface area (Å²) >= 11 is 1.48. The van der Waals surface area contributed by atoms with E-state index in [0.29, 0.717) is 5.13 Å². The molecule has 0 bridgehead atoms. The van der Waals surface area contributed by atoms with E-state index in [2.05, 4.69) is 16.4 Å². The van der Waals surface area contributed by atoms with Crippen LogP contribution < -0.4 is 11.1 Å². The Kier molecular flexibility index (Phi) is 5.92. The van der Waals surface area contributed by atoms with Gasteiger partial charge in [-0.25, -0.2) is 4.98 Å². The summed E-state index contributed by atoms with van der Waals surface area (Å²) in [6.45, 7) is 6.04. The van der Waals surface area contributed by atoms with Crippen LogP contribution in [0.1, 0.15) is 25.8 Å². The van der Waals surface area contributed by atoms with Crippen molar-refractivity contribution >= 4 is 45.0 Å². The molecule has 1 heterocycles. The van der Waals surface area contributed by atoms with Crippen molar-refractivity contribution in [2.45, 2.75) is 33.2 Å². The Morgan fingerprint density at radius 1 is 1.50 bits per heavy atom. The molecule has 4 nitrogen and oxygen atoms in total. The van der Waals surface area contributed by atoms with E-state index < -0.39 is 6.04 Å². The summed E-state index contributed by atoms with van der Waals surface area (Å²) in [5.74, 6) is 0.00162. The van der Waals surface area contributed by atoms with Crippen molar-refractivity contribution in [3.63, 3.8) is 0 Å². The largest absolute Gasteiger partial charge is 0.320 e. The van der Waals surface area contributed by atoms with Crippen LogP contribution in [0.4, 0.5) is 5.13 Å². The highest BCUT2D eigenvalue weighted by Crippen LogP contribution is 2.26. The number of aromatic nitrogens is 1. The number of fused-ring (bicyclic) bond motifs is 1. The maximum Gasteiger partial charge on any atom is 0.243 e. The first-order valence-corrected chi connectivity index (χ1v) is 7.26. The second-order valence-electron chi connectivity index (χ2n) is 4.89. The minimum Gasteiger partial charge on any atom is -0.320 e. The lowest BCUT2D eigenvalue weighted by atomic mass is 10.00. The third kappa shape index (κ3) is 3.69. The van der Waals surface area contributed by atoms with Crippen LogP contribution in [0.15, 0.2) is 18.2 Å². The molecule has 2 unspecified atom stereocenters. The predicted molar refractivity (Wildman–Crippen MR) is 87.7 cm³/mol. The lowest BCUT2D eigenvalue weighted by molar-refractivity contribution is -0.118. The zero-order chi connectivity index (χ0) is 14.0. The maximum atomic E-state index is 12.0. The first-order chi connectivity index (χ1) is 9.01. The first-order valence-electron chi connectivity index (χ1n) is 6.45. The summed E-state index contributed by atoms with van der Waals surface area (Å²) in [6.07, 6.45) is 0.883. The summed E-state index contributed by atoms with van der Waals surface area (Å²) in [4.78, 5) is 16.4. The van der Waals surface area contributed by atoms with Gasteiger partial charge in [-0.1, -0.05) is 37.7 Å². The summed E-state index contributed by atoms with van der Waals surface area (Å²) in [5.41, 5.74) is 7.99. The van der Waals surface area contributed by atoms with Crippen LogP contribution in [-0.4, -0.2) is 16.9 Å². The number of thiazole rings is 1. The van der Waals surface area contributed by atoms with Gasteiger partial charge in [0.05, 0.1) is 16.3 Å². The van der Waals surface area contributed by atoms with Crippen molar-refractivity contribution in [3.8, 4) is 0 Å². The van der Waals surface area contributed by atoms with Gasteiger partial charge in [-0.15, -0.1) is 12.4 Å². The van der Waals surface area contributed by atoms with Gasteiger partial charge in [0.1, 0.15) is 0 Å². The molecule has 0 radical (unpaired) electrons. The normalized spacial score (nSPS) is 13.6. The Hall–Kier alpha value is -1.17. The quantitative estimate of drug-likeness (QED) is 0.909. The van der Waals surface area contributed by atoms with Gasteiger partial charge in [-0.2, -0.15) is 0 Å². The fourth-order valence-electron chi connectivity index (χ4n) is 1.79. The third-order valence-electron chi connectivity index (χ3n) is 3.33. The standard InChI is InChI=1S/C14H19N3OS.ClH/c1-4-9(3)12(15)13(18)17-14-16-10-6-5-8(2)7-11(10)19-14;/h5-7,9,12H,4,15H2,1-3H3,(H,16,17,18);1H. The van der Waals surface area contributed by atoms with Crippen LogP contribution in [0.25, 0.3) is 10.2 Å². The number of benzene rings is 1. The number of carbonyl (C=O) groups excluding carboxylic acids is 1. The van der Waals surface area contributed by atoms with E-state index in [1.165, 1.54) is 16.9 Å². The zero-order valence-corrected chi connectivity index (χ0v) is 13.5. The molecule has 0 aliphatic carbocycles. The van der Waals surface area contributed by atoms with Crippen LogP contribution in [0.5, 0.6) is 0 Å². The monoisotopic (exact) mass is 313 g/mol. The molecule has 2 aromatic rings. The second kappa shape index (κ2) is 7.02. The van der Waals surface area contributed by atoms with Gasteiger partial charge in [0, 0.05) is 0 Å². The van der Waals surface area contributed by atoms with Gasteiger partial charge < -0.3 is 11.1 Å². The number of hydrogen-bond acceptors (Lipinski definition) is 4. The van der Waals surface area contributed by atoms with Crippen molar-refractivity contribution in [1.82, 2.24) is 4.98 Å². The number of amides is 1. The molecule has 6 heteroatoms. The molecule has 20 heavy (non-hydrogen) atoms.